The van der Waals surface area contributed by atoms with Gasteiger partial charge in [0, 0.05) is 37.6 Å². The number of aliphatic hydroxyl groups is 1. The van der Waals surface area contributed by atoms with Crippen molar-refractivity contribution in [1.29, 1.82) is 0 Å². The molecule has 0 radical (unpaired) electrons. The van der Waals surface area contributed by atoms with Gasteiger partial charge >= 0.3 is 6.18 Å². The molecule has 0 unspecified atom stereocenters. The van der Waals surface area contributed by atoms with Gasteiger partial charge in [-0.25, -0.2) is 22.2 Å². The molecule has 8 rings (SSSR count). The van der Waals surface area contributed by atoms with E-state index in [0.717, 1.165) is 34.3 Å². The number of fused-ring (bicyclic) bond motifs is 5. The summed E-state index contributed by atoms with van der Waals surface area (Å²) in [5.74, 6) is -10.1. The summed E-state index contributed by atoms with van der Waals surface area (Å²) in [7, 11) is -2.53. The van der Waals surface area contributed by atoms with Crippen molar-refractivity contribution in [2.45, 2.75) is 43.4 Å². The van der Waals surface area contributed by atoms with Gasteiger partial charge in [-0.2, -0.15) is 37.1 Å². The number of thiazole rings is 1. The van der Waals surface area contributed by atoms with Crippen molar-refractivity contribution in [3.05, 3.63) is 85.7 Å². The third kappa shape index (κ3) is 7.24. The Labute approximate surface area is 335 Å². The molecule has 4 heterocycles. The predicted octanol–water partition coefficient (Wildman–Crippen LogP) is 4.96. The monoisotopic (exact) mass is 888 g/mol. The molecule has 1 saturated carbocycles. The molecule has 3 atom stereocenters. The van der Waals surface area contributed by atoms with Crippen LogP contribution in [-0.4, -0.2) is 72.9 Å². The minimum Gasteiger partial charge on any atom is -0.395 e. The van der Waals surface area contributed by atoms with Crippen LogP contribution in [-0.2, 0) is 46.9 Å². The smallest absolute Gasteiger partial charge is 0.395 e. The highest BCUT2D eigenvalue weighted by atomic mass is 35.5. The first-order valence-corrected chi connectivity index (χ1v) is 20.5. The van der Waals surface area contributed by atoms with Crippen molar-refractivity contribution in [2.75, 3.05) is 29.4 Å². The van der Waals surface area contributed by atoms with Crippen LogP contribution in [0.5, 0.6) is 0 Å². The van der Waals surface area contributed by atoms with E-state index in [-0.39, 0.29) is 78.6 Å². The largest absolute Gasteiger partial charge is 0.435 e. The maximum absolute atomic E-state index is 15.4. The molecule has 1 fully saturated rings. The number of sulfonamides is 1. The Morgan fingerprint density at radius 1 is 1.14 bits per heavy atom. The van der Waals surface area contributed by atoms with Crippen LogP contribution in [0.4, 0.5) is 41.7 Å². The summed E-state index contributed by atoms with van der Waals surface area (Å²) in [6, 6.07) is 3.44. The van der Waals surface area contributed by atoms with E-state index in [1.165, 1.54) is 23.9 Å². The van der Waals surface area contributed by atoms with Gasteiger partial charge in [0.25, 0.3) is 11.5 Å². The highest BCUT2D eigenvalue weighted by Crippen LogP contribution is 2.68. The van der Waals surface area contributed by atoms with E-state index < -0.39 is 93.0 Å². The van der Waals surface area contributed by atoms with Crippen molar-refractivity contribution in [3.63, 3.8) is 0 Å². The predicted molar refractivity (Wildman–Crippen MR) is 199 cm³/mol. The third-order valence-corrected chi connectivity index (χ3v) is 11.7. The number of anilines is 2. The number of halogens is 8. The Hall–Kier alpha value is -5.33. The summed E-state index contributed by atoms with van der Waals surface area (Å²) in [5.41, 5.74) is -4.44. The molecule has 25 heteroatoms. The first-order valence-electron chi connectivity index (χ1n) is 17.4. The molecule has 0 saturated heterocycles. The molecule has 0 bridgehead atoms. The number of nitrogens with zero attached hydrogens (tertiary/aromatic N) is 7. The van der Waals surface area contributed by atoms with Gasteiger partial charge in [-0.15, -0.1) is 0 Å². The fourth-order valence-corrected chi connectivity index (χ4v) is 9.12. The number of amides is 1. The van der Waals surface area contributed by atoms with Gasteiger partial charge in [0.15, 0.2) is 22.3 Å². The molecule has 4 N–H and O–H groups in total. The Morgan fingerprint density at radius 2 is 1.85 bits per heavy atom. The number of nitrogens with one attached hydrogen (secondary N) is 3. The van der Waals surface area contributed by atoms with Gasteiger partial charge in [-0.3, -0.25) is 28.2 Å². The fourth-order valence-electron chi connectivity index (χ4n) is 7.52. The number of carbonyl (C=O) groups excluding carboxylic acids is 1. The minimum atomic E-state index is -5.12. The number of alkyl halides is 5. The Kier molecular flexibility index (Phi) is 9.70. The summed E-state index contributed by atoms with van der Waals surface area (Å²) in [5, 5.41) is 22.5. The fraction of sp³-hybridized carbons (Fsp3) is 0.353. The quantitative estimate of drug-likeness (QED) is 0.122. The second-order valence-corrected chi connectivity index (χ2v) is 17.2. The number of aliphatic hydroxyl groups excluding tert-OH is 1. The van der Waals surface area contributed by atoms with E-state index in [9.17, 15) is 45.1 Å². The lowest BCUT2D eigenvalue weighted by molar-refractivity contribution is -0.142. The van der Waals surface area contributed by atoms with Crippen LogP contribution in [0, 0.1) is 17.6 Å². The first kappa shape index (κ1) is 40.4. The van der Waals surface area contributed by atoms with Gasteiger partial charge in [-0.05, 0) is 42.2 Å². The third-order valence-electron chi connectivity index (χ3n) is 9.79. The zero-order chi connectivity index (χ0) is 42.5. The lowest BCUT2D eigenvalue weighted by Crippen LogP contribution is -2.38. The summed E-state index contributed by atoms with van der Waals surface area (Å²) < 4.78 is 131. The highest BCUT2D eigenvalue weighted by Gasteiger charge is 2.68. The number of aromatic nitrogens is 7. The molecule has 2 aromatic carbocycles. The van der Waals surface area contributed by atoms with Crippen LogP contribution < -0.4 is 20.9 Å². The summed E-state index contributed by atoms with van der Waals surface area (Å²) in [6.07, 6.45) is -4.99. The second-order valence-electron chi connectivity index (χ2n) is 14.0. The summed E-state index contributed by atoms with van der Waals surface area (Å²) in [4.78, 5) is 37.5. The van der Waals surface area contributed by atoms with Crippen molar-refractivity contribution in [3.8, 4) is 5.69 Å². The van der Waals surface area contributed by atoms with Crippen LogP contribution in [0.15, 0.2) is 35.1 Å². The van der Waals surface area contributed by atoms with Gasteiger partial charge in [0.2, 0.25) is 15.9 Å². The van der Waals surface area contributed by atoms with Crippen LogP contribution in [0.2, 0.25) is 5.02 Å². The Morgan fingerprint density at radius 3 is 2.51 bits per heavy atom. The number of rotatable bonds is 12. The number of hydrogen-bond donors (Lipinski definition) is 4. The maximum atomic E-state index is 15.4. The van der Waals surface area contributed by atoms with Gasteiger partial charge < -0.3 is 15.7 Å². The SMILES string of the molecule is Cn1nc(NS(C)(=O)=O)c2c(Cl)ccc(-n3c([C@H](Cc4cc(F)cc(F)c4)NC(=O)Cn4nc(C(F)(F)F)c5c4C(F)(F)[C@@H]4C[C@H]54)nc4nc(NCCO)sc4c3=O)c21. The molecule has 6 aromatic rings. The minimum absolute atomic E-state index is 0.0144. The summed E-state index contributed by atoms with van der Waals surface area (Å²) in [6.45, 7) is -1.48. The standard InChI is InChI=1S/C34H28ClF7N10O5S2/c1-50-24-20(4-3-18(35)23(24)28(48-50)49-59(2,56)57)52-30(45-29-25(31(52)55)58-32(46-29)43-5-6-53)19(9-13-7-14(36)10-15(37)8-13)44-21(54)12-51-27-22(26(47-51)34(40,41)42)16-11-17(16)33(27,38)39/h3-4,7-8,10,16-17,19,53H,5-6,9,11-12H2,1-2H3,(H,43,46)(H,44,54)(H,48,49)/t16-,17+,19-/m0/s1. The van der Waals surface area contributed by atoms with Crippen molar-refractivity contribution < 1.29 is 49.1 Å². The lowest BCUT2D eigenvalue weighted by Gasteiger charge is -2.23. The highest BCUT2D eigenvalue weighted by molar-refractivity contribution is 7.92. The maximum Gasteiger partial charge on any atom is 0.435 e. The zero-order valence-electron chi connectivity index (χ0n) is 30.2. The average molecular weight is 889 g/mol. The van der Waals surface area contributed by atoms with E-state index in [1.54, 1.807) is 0 Å². The first-order chi connectivity index (χ1) is 27.7. The Bertz CT molecular complexity index is 2880. The van der Waals surface area contributed by atoms with Crippen LogP contribution in [0.1, 0.15) is 46.7 Å². The van der Waals surface area contributed by atoms with Crippen molar-refractivity contribution in [2.24, 2.45) is 13.0 Å². The van der Waals surface area contributed by atoms with E-state index in [4.69, 9.17) is 11.6 Å². The van der Waals surface area contributed by atoms with Crippen molar-refractivity contribution >= 4 is 71.1 Å². The Balaban J connectivity index is 1.32. The zero-order valence-corrected chi connectivity index (χ0v) is 32.6. The number of benzene rings is 2. The number of carbonyl (C=O) groups is 1. The van der Waals surface area contributed by atoms with Crippen LogP contribution in [0.3, 0.4) is 0 Å². The molecular formula is C34H28ClF7N10O5S2. The molecule has 1 amide bonds. The van der Waals surface area contributed by atoms with E-state index in [1.807, 2.05) is 0 Å². The average Bonchev–Trinajstić information content (AvgIpc) is 3.37. The van der Waals surface area contributed by atoms with Gasteiger partial charge in [0.05, 0.1) is 40.5 Å². The molecule has 4 aromatic heterocycles. The lowest BCUT2D eigenvalue weighted by atomic mass is 10.0. The van der Waals surface area contributed by atoms with E-state index in [0.29, 0.717) is 6.07 Å². The van der Waals surface area contributed by atoms with Crippen molar-refractivity contribution in [1.82, 2.24) is 39.4 Å². The number of aryl methyl sites for hydroxylation is 1. The molecular weight excluding hydrogens is 861 g/mol. The van der Waals surface area contributed by atoms with Crippen LogP contribution in [0.25, 0.3) is 26.9 Å². The van der Waals surface area contributed by atoms with E-state index >= 15 is 8.78 Å². The number of hydrogen-bond acceptors (Lipinski definition) is 11. The van der Waals surface area contributed by atoms with Gasteiger partial charge in [-0.1, -0.05) is 22.9 Å². The molecule has 2 aliphatic carbocycles. The van der Waals surface area contributed by atoms with E-state index in [2.05, 4.69) is 35.5 Å². The molecule has 0 spiro atoms. The molecule has 0 aliphatic heterocycles. The topological polar surface area (TPSA) is 191 Å². The normalized spacial score (nSPS) is 17.6. The van der Waals surface area contributed by atoms with Gasteiger partial charge in [0.1, 0.15) is 34.4 Å². The van der Waals surface area contributed by atoms with Crippen LogP contribution >= 0.6 is 22.9 Å². The molecule has 312 valence electrons. The molecule has 15 nitrogen and oxygen atoms in total. The molecule has 59 heavy (non-hydrogen) atoms. The molecule has 2 aliphatic rings. The summed E-state index contributed by atoms with van der Waals surface area (Å²) >= 11 is 7.38. The second kappa shape index (κ2) is 14.2.